The van der Waals surface area contributed by atoms with Gasteiger partial charge in [-0.25, -0.2) is 4.79 Å². The topological polar surface area (TPSA) is 102 Å². The first kappa shape index (κ1) is 20.1. The fraction of sp³-hybridized carbons (Fsp3) is 0.300. The number of rotatable bonds is 7. The number of hydrogen-bond acceptors (Lipinski definition) is 8. The Hall–Kier alpha value is -3.62. The number of anilines is 1. The van der Waals surface area contributed by atoms with Crippen LogP contribution in [-0.2, 0) is 9.53 Å². The molecule has 1 aliphatic rings. The monoisotopic (exact) mass is 403 g/mol. The molecule has 1 amide bonds. The average Bonchev–Trinajstić information content (AvgIpc) is 2.76. The first-order valence-corrected chi connectivity index (χ1v) is 8.72. The van der Waals surface area contributed by atoms with E-state index in [0.717, 1.165) is 0 Å². The summed E-state index contributed by atoms with van der Waals surface area (Å²) in [4.78, 5) is 24.6. The molecular formula is C20H21NO8. The number of fused-ring (bicyclic) bond motifs is 1. The second kappa shape index (κ2) is 9.05. The lowest BCUT2D eigenvalue weighted by atomic mass is 10.1. The van der Waals surface area contributed by atoms with Gasteiger partial charge in [-0.15, -0.1) is 0 Å². The van der Waals surface area contributed by atoms with Crippen molar-refractivity contribution in [1.82, 2.24) is 0 Å². The van der Waals surface area contributed by atoms with Crippen molar-refractivity contribution in [2.75, 3.05) is 46.5 Å². The maximum Gasteiger partial charge on any atom is 0.338 e. The second-order valence-electron chi connectivity index (χ2n) is 5.89. The lowest BCUT2D eigenvalue weighted by molar-refractivity contribution is -0.119. The summed E-state index contributed by atoms with van der Waals surface area (Å²) < 4.78 is 31.7. The Kier molecular flexibility index (Phi) is 6.28. The van der Waals surface area contributed by atoms with Crippen LogP contribution in [-0.4, -0.2) is 53.0 Å². The number of esters is 1. The van der Waals surface area contributed by atoms with E-state index in [4.69, 9.17) is 28.4 Å². The van der Waals surface area contributed by atoms with Crippen molar-refractivity contribution in [3.05, 3.63) is 35.9 Å². The van der Waals surface area contributed by atoms with Gasteiger partial charge in [0.15, 0.2) is 18.1 Å². The van der Waals surface area contributed by atoms with Gasteiger partial charge in [-0.2, -0.15) is 0 Å². The Morgan fingerprint density at radius 3 is 2.45 bits per heavy atom. The molecule has 1 aliphatic heterocycles. The lowest BCUT2D eigenvalue weighted by Gasteiger charge is -2.21. The van der Waals surface area contributed by atoms with Crippen LogP contribution in [0.25, 0.3) is 0 Å². The molecule has 0 aliphatic carbocycles. The van der Waals surface area contributed by atoms with Crippen LogP contribution in [0.3, 0.4) is 0 Å². The van der Waals surface area contributed by atoms with Crippen LogP contribution in [0.2, 0.25) is 0 Å². The molecule has 0 radical (unpaired) electrons. The van der Waals surface area contributed by atoms with Crippen LogP contribution in [0.4, 0.5) is 5.69 Å². The molecule has 9 nitrogen and oxygen atoms in total. The van der Waals surface area contributed by atoms with Crippen molar-refractivity contribution in [1.29, 1.82) is 0 Å². The third-order valence-corrected chi connectivity index (χ3v) is 4.08. The molecule has 0 fully saturated rings. The van der Waals surface area contributed by atoms with E-state index in [1.165, 1.54) is 33.5 Å². The van der Waals surface area contributed by atoms with Crippen LogP contribution in [0.1, 0.15) is 10.4 Å². The van der Waals surface area contributed by atoms with Crippen molar-refractivity contribution in [3.63, 3.8) is 0 Å². The molecule has 9 heteroatoms. The highest BCUT2D eigenvalue weighted by Crippen LogP contribution is 2.40. The Bertz CT molecular complexity index is 894. The third kappa shape index (κ3) is 4.63. The predicted molar refractivity (Wildman–Crippen MR) is 102 cm³/mol. The smallest absolute Gasteiger partial charge is 0.338 e. The Morgan fingerprint density at radius 2 is 1.72 bits per heavy atom. The Labute approximate surface area is 167 Å². The summed E-state index contributed by atoms with van der Waals surface area (Å²) in [5.41, 5.74) is 0.576. The molecule has 2 aromatic rings. The molecule has 0 saturated heterocycles. The minimum atomic E-state index is -0.701. The van der Waals surface area contributed by atoms with Gasteiger partial charge in [0.25, 0.3) is 5.91 Å². The Morgan fingerprint density at radius 1 is 0.966 bits per heavy atom. The zero-order chi connectivity index (χ0) is 20.8. The van der Waals surface area contributed by atoms with Crippen molar-refractivity contribution < 1.29 is 38.0 Å². The number of hydrogen-bond donors (Lipinski definition) is 1. The molecule has 0 saturated carbocycles. The minimum absolute atomic E-state index is 0.179. The van der Waals surface area contributed by atoms with Crippen molar-refractivity contribution >= 4 is 17.6 Å². The first-order chi connectivity index (χ1) is 14.0. The number of carbonyl (C=O) groups excluding carboxylic acids is 2. The van der Waals surface area contributed by atoms with Gasteiger partial charge in [0.05, 0.1) is 32.6 Å². The molecule has 29 heavy (non-hydrogen) atoms. The number of benzene rings is 2. The minimum Gasteiger partial charge on any atom is -0.497 e. The number of carbonyl (C=O) groups is 2. The summed E-state index contributed by atoms with van der Waals surface area (Å²) in [7, 11) is 4.45. The highest BCUT2D eigenvalue weighted by atomic mass is 16.6. The molecule has 0 spiro atoms. The maximum atomic E-state index is 12.4. The molecule has 0 atom stereocenters. The van der Waals surface area contributed by atoms with E-state index in [2.05, 4.69) is 5.32 Å². The van der Waals surface area contributed by atoms with Gasteiger partial charge in [0.2, 0.25) is 5.75 Å². The molecule has 1 N–H and O–H groups in total. The van der Waals surface area contributed by atoms with E-state index in [1.54, 1.807) is 18.2 Å². The molecule has 154 valence electrons. The number of amides is 1. The molecule has 0 aromatic heterocycles. The van der Waals surface area contributed by atoms with Crippen molar-refractivity contribution in [2.24, 2.45) is 0 Å². The molecule has 2 aromatic carbocycles. The van der Waals surface area contributed by atoms with E-state index >= 15 is 0 Å². The molecule has 3 rings (SSSR count). The predicted octanol–water partition coefficient (Wildman–Crippen LogP) is 2.28. The van der Waals surface area contributed by atoms with E-state index in [1.807, 2.05) is 0 Å². The fourth-order valence-corrected chi connectivity index (χ4v) is 2.70. The standard InChI is InChI=1S/C20H21NO8/c1-24-13-4-5-15(25-2)14(10-13)21-18(22)11-29-20(23)12-8-16(26-3)19-17(9-12)27-6-7-28-19/h4-5,8-10H,6-7,11H2,1-3H3,(H,21,22). The van der Waals surface area contributed by atoms with Gasteiger partial charge < -0.3 is 33.7 Å². The third-order valence-electron chi connectivity index (χ3n) is 4.08. The summed E-state index contributed by atoms with van der Waals surface area (Å²) >= 11 is 0. The van der Waals surface area contributed by atoms with Crippen LogP contribution >= 0.6 is 0 Å². The zero-order valence-corrected chi connectivity index (χ0v) is 16.3. The van der Waals surface area contributed by atoms with Gasteiger partial charge in [-0.1, -0.05) is 0 Å². The highest BCUT2D eigenvalue weighted by molar-refractivity contribution is 5.97. The summed E-state index contributed by atoms with van der Waals surface area (Å²) in [6.45, 7) is 0.260. The summed E-state index contributed by atoms with van der Waals surface area (Å²) in [6, 6.07) is 7.91. The lowest BCUT2D eigenvalue weighted by Crippen LogP contribution is -2.21. The fourth-order valence-electron chi connectivity index (χ4n) is 2.70. The van der Waals surface area contributed by atoms with Gasteiger partial charge in [-0.05, 0) is 24.3 Å². The van der Waals surface area contributed by atoms with Gasteiger partial charge in [0.1, 0.15) is 24.7 Å². The zero-order valence-electron chi connectivity index (χ0n) is 16.3. The van der Waals surface area contributed by atoms with Crippen LogP contribution < -0.4 is 29.0 Å². The number of methoxy groups -OCH3 is 3. The summed E-state index contributed by atoms with van der Waals surface area (Å²) in [6.07, 6.45) is 0. The first-order valence-electron chi connectivity index (χ1n) is 8.72. The normalized spacial score (nSPS) is 12.0. The van der Waals surface area contributed by atoms with Crippen molar-refractivity contribution in [3.8, 4) is 28.7 Å². The molecule has 1 heterocycles. The number of nitrogens with one attached hydrogen (secondary N) is 1. The summed E-state index contributed by atoms with van der Waals surface area (Å²) in [5, 5.41) is 2.62. The van der Waals surface area contributed by atoms with Gasteiger partial charge in [0, 0.05) is 6.07 Å². The van der Waals surface area contributed by atoms with E-state index in [9.17, 15) is 9.59 Å². The van der Waals surface area contributed by atoms with Gasteiger partial charge >= 0.3 is 5.97 Å². The largest absolute Gasteiger partial charge is 0.497 e. The molecular weight excluding hydrogens is 382 g/mol. The van der Waals surface area contributed by atoms with E-state index in [0.29, 0.717) is 47.6 Å². The maximum absolute atomic E-state index is 12.4. The SMILES string of the molecule is COc1ccc(OC)c(NC(=O)COC(=O)c2cc(OC)c3c(c2)OCCO3)c1. The average molecular weight is 403 g/mol. The summed E-state index contributed by atoms with van der Waals surface area (Å²) in [5.74, 6) is 0.914. The highest BCUT2D eigenvalue weighted by Gasteiger charge is 2.22. The number of ether oxygens (including phenoxy) is 6. The van der Waals surface area contributed by atoms with E-state index < -0.39 is 18.5 Å². The van der Waals surface area contributed by atoms with Gasteiger partial charge in [-0.3, -0.25) is 4.79 Å². The van der Waals surface area contributed by atoms with Crippen LogP contribution in [0, 0.1) is 0 Å². The van der Waals surface area contributed by atoms with E-state index in [-0.39, 0.29) is 5.56 Å². The van der Waals surface area contributed by atoms with Crippen LogP contribution in [0.5, 0.6) is 28.7 Å². The Balaban J connectivity index is 1.66. The van der Waals surface area contributed by atoms with Crippen molar-refractivity contribution in [2.45, 2.75) is 0 Å². The van der Waals surface area contributed by atoms with Crippen LogP contribution in [0.15, 0.2) is 30.3 Å². The molecule has 0 unspecified atom stereocenters. The quantitative estimate of drug-likeness (QED) is 0.703. The second-order valence-corrected chi connectivity index (χ2v) is 5.89. The molecule has 0 bridgehead atoms.